The summed E-state index contributed by atoms with van der Waals surface area (Å²) in [6.07, 6.45) is 13.7. The number of allylic oxidation sites excluding steroid dienone is 1. The molecule has 0 spiro atoms. The lowest BCUT2D eigenvalue weighted by Crippen LogP contribution is -2.25. The van der Waals surface area contributed by atoms with Gasteiger partial charge in [-0.25, -0.2) is 4.79 Å². The first-order valence-electron chi connectivity index (χ1n) is 10.5. The number of hydrogen-bond acceptors (Lipinski definition) is 2. The number of benzene rings is 1. The van der Waals surface area contributed by atoms with Crippen molar-refractivity contribution in [1.29, 1.82) is 0 Å². The molecular weight excluding hydrogens is 362 g/mol. The lowest BCUT2D eigenvalue weighted by atomic mass is 9.68. The summed E-state index contributed by atoms with van der Waals surface area (Å²) < 4.78 is 29.0. The molecule has 3 nitrogen and oxygen atoms in total. The Morgan fingerprint density at radius 1 is 1.00 bits per heavy atom. The van der Waals surface area contributed by atoms with E-state index in [0.717, 1.165) is 18.3 Å². The minimum absolute atomic E-state index is 0.224. The van der Waals surface area contributed by atoms with E-state index in [1.54, 1.807) is 18.2 Å². The van der Waals surface area contributed by atoms with Gasteiger partial charge in [-0.2, -0.15) is 8.78 Å². The summed E-state index contributed by atoms with van der Waals surface area (Å²) in [4.78, 5) is 10.6. The summed E-state index contributed by atoms with van der Waals surface area (Å²) in [7, 11) is 0. The van der Waals surface area contributed by atoms with Crippen molar-refractivity contribution in [2.75, 3.05) is 0 Å². The number of carboxylic acid groups (broad SMARTS) is 1. The van der Waals surface area contributed by atoms with Crippen LogP contribution in [0.4, 0.5) is 8.78 Å². The average molecular weight is 392 g/mol. The maximum absolute atomic E-state index is 12.3. The van der Waals surface area contributed by atoms with Gasteiger partial charge >= 0.3 is 12.6 Å². The van der Waals surface area contributed by atoms with Crippen LogP contribution in [0.5, 0.6) is 5.75 Å². The van der Waals surface area contributed by atoms with Crippen molar-refractivity contribution in [1.82, 2.24) is 0 Å². The number of carbonyl (C=O) groups is 1. The van der Waals surface area contributed by atoms with E-state index < -0.39 is 12.6 Å². The standard InChI is InChI=1S/C23H30F2O3/c24-23(25)28-21-14-12-20(13-15-21)19-10-8-18(9-11-19)17-6-4-16(5-7-17)2-1-3-22(26)27/h1,3,12-19,23H,2,4-11H2,(H,26,27)/b3-1+/t16-,17-,18-,19-. The summed E-state index contributed by atoms with van der Waals surface area (Å²) in [5.41, 5.74) is 1.23. The number of carboxylic acids is 1. The Bertz CT molecular complexity index is 640. The zero-order valence-corrected chi connectivity index (χ0v) is 16.2. The molecule has 28 heavy (non-hydrogen) atoms. The van der Waals surface area contributed by atoms with Crippen molar-refractivity contribution in [2.24, 2.45) is 17.8 Å². The number of alkyl halides is 2. The van der Waals surface area contributed by atoms with E-state index in [4.69, 9.17) is 5.11 Å². The Balaban J connectivity index is 1.41. The SMILES string of the molecule is O=C(O)/C=C/C[C@H]1CC[C@H]([C@H]2CC[C@H](c3ccc(OC(F)F)cc3)CC2)CC1. The van der Waals surface area contributed by atoms with Crippen LogP contribution >= 0.6 is 0 Å². The molecule has 0 amide bonds. The van der Waals surface area contributed by atoms with Gasteiger partial charge in [-0.05, 0) is 99.2 Å². The summed E-state index contributed by atoms with van der Waals surface area (Å²) in [6.45, 7) is -2.77. The van der Waals surface area contributed by atoms with Crippen LogP contribution in [0.2, 0.25) is 0 Å². The molecule has 1 aromatic carbocycles. The van der Waals surface area contributed by atoms with Crippen LogP contribution in [0.15, 0.2) is 36.4 Å². The second-order valence-corrected chi connectivity index (χ2v) is 8.32. The van der Waals surface area contributed by atoms with E-state index in [2.05, 4.69) is 4.74 Å². The second-order valence-electron chi connectivity index (χ2n) is 8.32. The largest absolute Gasteiger partial charge is 0.478 e. The van der Waals surface area contributed by atoms with E-state index in [9.17, 15) is 13.6 Å². The number of hydrogen-bond donors (Lipinski definition) is 1. The molecule has 0 atom stereocenters. The third-order valence-corrected chi connectivity index (χ3v) is 6.64. The summed E-state index contributed by atoms with van der Waals surface area (Å²) in [6, 6.07) is 7.15. The molecule has 0 radical (unpaired) electrons. The van der Waals surface area contributed by atoms with Gasteiger partial charge in [0.2, 0.25) is 0 Å². The van der Waals surface area contributed by atoms with Crippen molar-refractivity contribution in [3.8, 4) is 5.75 Å². The van der Waals surface area contributed by atoms with Gasteiger partial charge in [-0.3, -0.25) is 0 Å². The van der Waals surface area contributed by atoms with Gasteiger partial charge in [0.25, 0.3) is 0 Å². The van der Waals surface area contributed by atoms with Crippen LogP contribution in [-0.4, -0.2) is 17.7 Å². The van der Waals surface area contributed by atoms with Crippen LogP contribution in [0.3, 0.4) is 0 Å². The molecule has 0 aliphatic heterocycles. The molecule has 0 aromatic heterocycles. The Morgan fingerprint density at radius 3 is 2.11 bits per heavy atom. The maximum atomic E-state index is 12.3. The van der Waals surface area contributed by atoms with Crippen LogP contribution in [0.25, 0.3) is 0 Å². The highest BCUT2D eigenvalue weighted by Gasteiger charge is 2.31. The molecule has 0 unspecified atom stereocenters. The fraction of sp³-hybridized carbons (Fsp3) is 0.609. The third kappa shape index (κ3) is 6.05. The molecule has 154 valence electrons. The van der Waals surface area contributed by atoms with Crippen LogP contribution in [0, 0.1) is 17.8 Å². The van der Waals surface area contributed by atoms with E-state index in [0.29, 0.717) is 11.8 Å². The molecule has 0 heterocycles. The molecule has 0 saturated heterocycles. The fourth-order valence-electron chi connectivity index (χ4n) is 5.10. The van der Waals surface area contributed by atoms with Gasteiger partial charge in [-0.1, -0.05) is 18.2 Å². The van der Waals surface area contributed by atoms with E-state index in [-0.39, 0.29) is 5.75 Å². The van der Waals surface area contributed by atoms with Crippen molar-refractivity contribution < 1.29 is 23.4 Å². The monoisotopic (exact) mass is 392 g/mol. The Labute approximate surface area is 165 Å². The molecule has 5 heteroatoms. The summed E-state index contributed by atoms with van der Waals surface area (Å²) in [5, 5.41) is 8.68. The zero-order chi connectivity index (χ0) is 19.9. The number of aliphatic carboxylic acids is 1. The van der Waals surface area contributed by atoms with E-state index in [1.807, 2.05) is 12.1 Å². The topological polar surface area (TPSA) is 46.5 Å². The minimum Gasteiger partial charge on any atom is -0.478 e. The maximum Gasteiger partial charge on any atom is 0.387 e. The third-order valence-electron chi connectivity index (χ3n) is 6.64. The summed E-state index contributed by atoms with van der Waals surface area (Å²) in [5.74, 6) is 2.13. The quantitative estimate of drug-likeness (QED) is 0.546. The lowest BCUT2D eigenvalue weighted by Gasteiger charge is -2.38. The zero-order valence-electron chi connectivity index (χ0n) is 16.2. The van der Waals surface area contributed by atoms with E-state index >= 15 is 0 Å². The highest BCUT2D eigenvalue weighted by molar-refractivity contribution is 5.79. The number of rotatable bonds is 7. The predicted octanol–water partition coefficient (Wildman–Crippen LogP) is 6.40. The average Bonchev–Trinajstić information content (AvgIpc) is 2.69. The van der Waals surface area contributed by atoms with Crippen molar-refractivity contribution in [2.45, 2.75) is 70.3 Å². The molecule has 3 rings (SSSR count). The minimum atomic E-state index is -2.77. The first-order chi connectivity index (χ1) is 13.5. The molecule has 0 bridgehead atoms. The normalized spacial score (nSPS) is 28.5. The van der Waals surface area contributed by atoms with Gasteiger partial charge in [0, 0.05) is 6.08 Å². The van der Waals surface area contributed by atoms with Gasteiger partial charge < -0.3 is 9.84 Å². The highest BCUT2D eigenvalue weighted by atomic mass is 19.3. The second kappa shape index (κ2) is 10.0. The predicted molar refractivity (Wildman–Crippen MR) is 105 cm³/mol. The van der Waals surface area contributed by atoms with Gasteiger partial charge in [0.15, 0.2) is 0 Å². The molecular formula is C23H30F2O3. The van der Waals surface area contributed by atoms with E-state index in [1.165, 1.54) is 63.0 Å². The van der Waals surface area contributed by atoms with Gasteiger partial charge in [0.1, 0.15) is 5.75 Å². The Morgan fingerprint density at radius 2 is 1.57 bits per heavy atom. The first-order valence-corrected chi connectivity index (χ1v) is 10.5. The summed E-state index contributed by atoms with van der Waals surface area (Å²) >= 11 is 0. The number of halogens is 2. The lowest BCUT2D eigenvalue weighted by molar-refractivity contribution is -0.131. The van der Waals surface area contributed by atoms with Crippen LogP contribution in [-0.2, 0) is 4.79 Å². The van der Waals surface area contributed by atoms with Crippen LogP contribution < -0.4 is 4.74 Å². The molecule has 2 aliphatic rings. The Kier molecular flexibility index (Phi) is 7.46. The smallest absolute Gasteiger partial charge is 0.387 e. The molecule has 1 aromatic rings. The number of ether oxygens (including phenoxy) is 1. The van der Waals surface area contributed by atoms with Gasteiger partial charge in [-0.15, -0.1) is 0 Å². The van der Waals surface area contributed by atoms with Crippen molar-refractivity contribution >= 4 is 5.97 Å². The molecule has 2 fully saturated rings. The van der Waals surface area contributed by atoms with Crippen molar-refractivity contribution in [3.63, 3.8) is 0 Å². The Hall–Kier alpha value is -1.91. The van der Waals surface area contributed by atoms with Crippen LogP contribution in [0.1, 0.15) is 69.3 Å². The first kappa shape index (κ1) is 20.8. The molecule has 2 aliphatic carbocycles. The van der Waals surface area contributed by atoms with Gasteiger partial charge in [0.05, 0.1) is 0 Å². The molecule has 2 saturated carbocycles. The fourth-order valence-corrected chi connectivity index (χ4v) is 5.10. The van der Waals surface area contributed by atoms with Crippen molar-refractivity contribution in [3.05, 3.63) is 42.0 Å². The highest BCUT2D eigenvalue weighted by Crippen LogP contribution is 2.44. The molecule has 1 N–H and O–H groups in total.